The first-order chi connectivity index (χ1) is 16.3. The maximum atomic E-state index is 12.7. The highest BCUT2D eigenvalue weighted by molar-refractivity contribution is 6.03. The number of hydrogen-bond acceptors (Lipinski definition) is 6. The summed E-state index contributed by atoms with van der Waals surface area (Å²) < 4.78 is 6.06. The number of amides is 2. The van der Waals surface area contributed by atoms with Crippen molar-refractivity contribution >= 4 is 17.5 Å². The van der Waals surface area contributed by atoms with Gasteiger partial charge in [0.25, 0.3) is 11.8 Å². The highest BCUT2D eigenvalue weighted by atomic mass is 16.5. The van der Waals surface area contributed by atoms with Crippen LogP contribution in [0.3, 0.4) is 0 Å². The van der Waals surface area contributed by atoms with Crippen molar-refractivity contribution in [1.82, 2.24) is 15.1 Å². The van der Waals surface area contributed by atoms with Crippen molar-refractivity contribution in [3.05, 3.63) is 59.2 Å². The molecule has 0 saturated carbocycles. The number of nitrogens with zero attached hydrogens (tertiary/aromatic N) is 2. The Balaban J connectivity index is 1.14. The number of carbonyl (C=O) groups is 2. The number of likely N-dealkylation sites (tertiary alicyclic amines) is 1. The summed E-state index contributed by atoms with van der Waals surface area (Å²) in [7, 11) is 0. The van der Waals surface area contributed by atoms with Gasteiger partial charge in [-0.1, -0.05) is 24.3 Å². The van der Waals surface area contributed by atoms with Crippen molar-refractivity contribution < 1.29 is 19.4 Å². The first kappa shape index (κ1) is 22.8. The van der Waals surface area contributed by atoms with E-state index in [0.29, 0.717) is 42.7 Å². The van der Waals surface area contributed by atoms with E-state index in [1.165, 1.54) is 11.1 Å². The maximum Gasteiger partial charge on any atom is 0.271 e. The minimum atomic E-state index is -0.847. The summed E-state index contributed by atoms with van der Waals surface area (Å²) in [4.78, 5) is 29.8. The van der Waals surface area contributed by atoms with E-state index in [1.807, 2.05) is 6.07 Å². The molecule has 1 unspecified atom stereocenters. The number of aliphatic hydroxyl groups excluding tert-OH is 1. The number of nitrogens with one attached hydrogen (secondary N) is 2. The Hall–Kier alpha value is -2.94. The Morgan fingerprint density at radius 2 is 1.97 bits per heavy atom. The van der Waals surface area contributed by atoms with E-state index in [2.05, 4.69) is 52.5 Å². The van der Waals surface area contributed by atoms with Gasteiger partial charge in [-0.05, 0) is 49.6 Å². The molecule has 5 rings (SSSR count). The topological polar surface area (TPSA) is 94.1 Å². The first-order valence-corrected chi connectivity index (χ1v) is 12.0. The van der Waals surface area contributed by atoms with Gasteiger partial charge in [0.1, 0.15) is 5.75 Å². The second kappa shape index (κ2) is 9.02. The fourth-order valence-electron chi connectivity index (χ4n) is 4.92. The van der Waals surface area contributed by atoms with Crippen LogP contribution in [0.1, 0.15) is 35.3 Å². The van der Waals surface area contributed by atoms with E-state index >= 15 is 0 Å². The molecule has 8 nitrogen and oxygen atoms in total. The molecule has 1 spiro atoms. The Bertz CT molecular complexity index is 1100. The zero-order valence-corrected chi connectivity index (χ0v) is 19.7. The molecule has 3 aliphatic rings. The normalized spacial score (nSPS) is 20.1. The fraction of sp³-hybridized carbons (Fsp3) is 0.462. The molecule has 0 radical (unpaired) electrons. The summed E-state index contributed by atoms with van der Waals surface area (Å²) in [6.45, 7) is 7.65. The molecule has 2 aromatic rings. The molecule has 0 aliphatic carbocycles. The maximum absolute atomic E-state index is 12.7. The van der Waals surface area contributed by atoms with E-state index < -0.39 is 11.7 Å². The van der Waals surface area contributed by atoms with Crippen molar-refractivity contribution in [3.63, 3.8) is 0 Å². The van der Waals surface area contributed by atoms with Crippen LogP contribution >= 0.6 is 0 Å². The number of carbonyl (C=O) groups excluding carboxylic acids is 2. The molecular weight excluding hydrogens is 432 g/mol. The minimum Gasteiger partial charge on any atom is -0.472 e. The van der Waals surface area contributed by atoms with Gasteiger partial charge in [0.2, 0.25) is 5.60 Å². The molecule has 180 valence electrons. The second-order valence-electron chi connectivity index (χ2n) is 9.88. The lowest BCUT2D eigenvalue weighted by atomic mass is 9.89. The van der Waals surface area contributed by atoms with Crippen LogP contribution in [0.5, 0.6) is 5.75 Å². The molecule has 1 saturated heterocycles. The predicted molar refractivity (Wildman–Crippen MR) is 129 cm³/mol. The lowest BCUT2D eigenvalue weighted by molar-refractivity contribution is -0.152. The second-order valence-corrected chi connectivity index (χ2v) is 9.88. The summed E-state index contributed by atoms with van der Waals surface area (Å²) >= 11 is 0. The van der Waals surface area contributed by atoms with E-state index in [4.69, 9.17) is 4.74 Å². The average molecular weight is 465 g/mol. The van der Waals surface area contributed by atoms with E-state index in [0.717, 1.165) is 19.5 Å². The number of anilines is 1. The largest absolute Gasteiger partial charge is 0.472 e. The number of aliphatic hydroxyl groups is 1. The number of rotatable bonds is 6. The third-order valence-electron chi connectivity index (χ3n) is 7.03. The fourth-order valence-corrected chi connectivity index (χ4v) is 4.92. The van der Waals surface area contributed by atoms with Crippen LogP contribution in [0.15, 0.2) is 42.5 Å². The van der Waals surface area contributed by atoms with Crippen LogP contribution in [0.4, 0.5) is 5.69 Å². The number of fused-ring (bicyclic) bond motifs is 2. The van der Waals surface area contributed by atoms with Gasteiger partial charge in [0.05, 0.1) is 11.8 Å². The van der Waals surface area contributed by atoms with E-state index in [1.54, 1.807) is 18.2 Å². The highest BCUT2D eigenvalue weighted by Gasteiger charge is 2.54. The highest BCUT2D eigenvalue weighted by Crippen LogP contribution is 2.39. The molecule has 0 bridgehead atoms. The minimum absolute atomic E-state index is 0.158. The van der Waals surface area contributed by atoms with Crippen LogP contribution < -0.4 is 15.4 Å². The molecule has 1 atom stereocenters. The zero-order valence-electron chi connectivity index (χ0n) is 19.7. The summed E-state index contributed by atoms with van der Waals surface area (Å²) in [6, 6.07) is 13.8. The average Bonchev–Trinajstić information content (AvgIpc) is 2.80. The number of ether oxygens (including phenoxy) is 1. The van der Waals surface area contributed by atoms with Gasteiger partial charge in [0.15, 0.2) is 0 Å². The van der Waals surface area contributed by atoms with Crippen LogP contribution in [0.2, 0.25) is 0 Å². The quantitative estimate of drug-likeness (QED) is 0.602. The van der Waals surface area contributed by atoms with Crippen LogP contribution in [-0.2, 0) is 17.8 Å². The van der Waals surface area contributed by atoms with Crippen molar-refractivity contribution in [2.75, 3.05) is 38.0 Å². The molecule has 1 fully saturated rings. The van der Waals surface area contributed by atoms with Gasteiger partial charge >= 0.3 is 0 Å². The van der Waals surface area contributed by atoms with E-state index in [-0.39, 0.29) is 18.4 Å². The molecule has 34 heavy (non-hydrogen) atoms. The standard InChI is InChI=1S/C26H32N4O4/c1-17(2)30-15-26(16-30)25(33)28-22-11-19(7-8-23(22)34-26)24(32)27-12-21(31)14-29-10-9-18-5-3-4-6-20(18)13-29/h3-8,11,17,21,31H,9-10,12-16H2,1-2H3,(H,27,32)(H,28,33). The van der Waals surface area contributed by atoms with Gasteiger partial charge in [-0.2, -0.15) is 0 Å². The third-order valence-corrected chi connectivity index (χ3v) is 7.03. The predicted octanol–water partition coefficient (Wildman–Crippen LogP) is 1.63. The molecule has 3 N–H and O–H groups in total. The Labute approximate surface area is 199 Å². The monoisotopic (exact) mass is 464 g/mol. The SMILES string of the molecule is CC(C)N1CC2(C1)Oc1ccc(C(=O)NCC(O)CN3CCc4ccccc4C3)cc1NC2=O. The summed E-state index contributed by atoms with van der Waals surface area (Å²) in [5, 5.41) is 16.2. The van der Waals surface area contributed by atoms with Gasteiger partial charge in [-0.3, -0.25) is 19.4 Å². The summed E-state index contributed by atoms with van der Waals surface area (Å²) in [6.07, 6.45) is 0.298. The molecule has 2 aromatic carbocycles. The summed E-state index contributed by atoms with van der Waals surface area (Å²) in [5.74, 6) is 0.105. The van der Waals surface area contributed by atoms with E-state index in [9.17, 15) is 14.7 Å². The summed E-state index contributed by atoms with van der Waals surface area (Å²) in [5.41, 5.74) is 2.73. The van der Waals surface area contributed by atoms with Crippen molar-refractivity contribution in [2.45, 2.75) is 44.6 Å². The molecule has 3 heterocycles. The van der Waals surface area contributed by atoms with Gasteiger partial charge in [-0.15, -0.1) is 0 Å². The van der Waals surface area contributed by atoms with Crippen molar-refractivity contribution in [2.24, 2.45) is 0 Å². The van der Waals surface area contributed by atoms with Crippen molar-refractivity contribution in [1.29, 1.82) is 0 Å². The zero-order chi connectivity index (χ0) is 23.9. The first-order valence-electron chi connectivity index (χ1n) is 12.0. The molecule has 3 aliphatic heterocycles. The Kier molecular flexibility index (Phi) is 6.06. The van der Waals surface area contributed by atoms with Gasteiger partial charge in [0, 0.05) is 50.9 Å². The third kappa shape index (κ3) is 4.41. The molecule has 8 heteroatoms. The lowest BCUT2D eigenvalue weighted by Gasteiger charge is -2.51. The number of benzene rings is 2. The number of β-amino-alcohol motifs (C(OH)–C–C–N with tert-alkyl or cyclic N) is 1. The van der Waals surface area contributed by atoms with Crippen LogP contribution in [0, 0.1) is 0 Å². The molecular formula is C26H32N4O4. The lowest BCUT2D eigenvalue weighted by Crippen LogP contribution is -2.72. The smallest absolute Gasteiger partial charge is 0.271 e. The Morgan fingerprint density at radius 1 is 1.21 bits per heavy atom. The molecule has 2 amide bonds. The molecule has 0 aromatic heterocycles. The Morgan fingerprint density at radius 3 is 2.74 bits per heavy atom. The van der Waals surface area contributed by atoms with Crippen LogP contribution in [-0.4, -0.2) is 77.2 Å². The van der Waals surface area contributed by atoms with Gasteiger partial charge < -0.3 is 20.5 Å². The number of hydrogen-bond donors (Lipinski definition) is 3. The van der Waals surface area contributed by atoms with Gasteiger partial charge in [-0.25, -0.2) is 0 Å². The van der Waals surface area contributed by atoms with Crippen LogP contribution in [0.25, 0.3) is 0 Å². The van der Waals surface area contributed by atoms with Crippen molar-refractivity contribution in [3.8, 4) is 5.75 Å².